The molecule has 0 radical (unpaired) electrons. The Hall–Kier alpha value is -1.86. The fourth-order valence-electron chi connectivity index (χ4n) is 2.59. The normalized spacial score (nSPS) is 8.71. The number of halogens is 2. The molecule has 28 heavy (non-hydrogen) atoms. The number of nitrogen functional groups attached to an aromatic ring is 1. The van der Waals surface area contributed by atoms with Gasteiger partial charge in [0.05, 0.1) is 0 Å². The summed E-state index contributed by atoms with van der Waals surface area (Å²) in [7, 11) is 0. The van der Waals surface area contributed by atoms with Gasteiger partial charge in [-0.15, -0.1) is 59.3 Å². The summed E-state index contributed by atoms with van der Waals surface area (Å²) in [4.78, 5) is 0. The van der Waals surface area contributed by atoms with Crippen LogP contribution in [0, 0.1) is 0 Å². The Morgan fingerprint density at radius 2 is 0.893 bits per heavy atom. The zero-order valence-electron chi connectivity index (χ0n) is 15.3. The van der Waals surface area contributed by atoms with E-state index in [2.05, 4.69) is 84.9 Å². The molecule has 2 N–H and O–H groups in total. The van der Waals surface area contributed by atoms with E-state index in [9.17, 15) is 0 Å². The number of para-hydroxylation sites is 1. The van der Waals surface area contributed by atoms with Gasteiger partial charge < -0.3 is 30.5 Å². The van der Waals surface area contributed by atoms with Gasteiger partial charge in [-0.2, -0.15) is 35.0 Å². The maximum atomic E-state index is 5.36. The average molecular weight is 486 g/mol. The minimum absolute atomic E-state index is 0. The Kier molecular flexibility index (Phi) is 13.2. The first-order valence-electron chi connectivity index (χ1n) is 8.34. The van der Waals surface area contributed by atoms with E-state index in [0.717, 1.165) is 5.69 Å². The van der Waals surface area contributed by atoms with Crippen molar-refractivity contribution in [1.82, 2.24) is 0 Å². The van der Waals surface area contributed by atoms with E-state index in [4.69, 9.17) is 5.73 Å². The number of nitrogens with two attached hydrogens (primary N) is 1. The number of anilines is 1. The Balaban J connectivity index is 0.000000374. The van der Waals surface area contributed by atoms with Crippen LogP contribution in [-0.2, 0) is 26.2 Å². The van der Waals surface area contributed by atoms with Gasteiger partial charge in [-0.05, 0) is 12.1 Å². The smallest absolute Gasteiger partial charge is 1.00 e. The van der Waals surface area contributed by atoms with Gasteiger partial charge in [0.1, 0.15) is 0 Å². The summed E-state index contributed by atoms with van der Waals surface area (Å²) < 4.78 is 0. The Labute approximate surface area is 198 Å². The molecule has 0 aliphatic heterocycles. The van der Waals surface area contributed by atoms with Gasteiger partial charge in [0.15, 0.2) is 0 Å². The fourth-order valence-corrected chi connectivity index (χ4v) is 2.59. The Morgan fingerprint density at radius 3 is 1.25 bits per heavy atom. The van der Waals surface area contributed by atoms with Crippen molar-refractivity contribution in [2.24, 2.45) is 0 Å². The molecule has 5 aromatic rings. The van der Waals surface area contributed by atoms with Gasteiger partial charge in [-0.1, -0.05) is 30.3 Å². The molecule has 0 aliphatic carbocycles. The number of fused-ring (bicyclic) bond motifs is 2. The van der Waals surface area contributed by atoms with Gasteiger partial charge >= 0.3 is 26.2 Å². The molecule has 0 aromatic heterocycles. The first-order valence-corrected chi connectivity index (χ1v) is 8.34. The molecule has 5 rings (SSSR count). The van der Waals surface area contributed by atoms with Gasteiger partial charge in [0.2, 0.25) is 0 Å². The van der Waals surface area contributed by atoms with Crippen molar-refractivity contribution in [3.8, 4) is 0 Å². The quantitative estimate of drug-likeness (QED) is 0.249. The van der Waals surface area contributed by atoms with Gasteiger partial charge in [0, 0.05) is 5.69 Å². The van der Waals surface area contributed by atoms with Crippen LogP contribution in [0.15, 0.2) is 115 Å². The van der Waals surface area contributed by atoms with E-state index in [1.54, 1.807) is 0 Å². The number of hydrogen-bond acceptors (Lipinski definition) is 1. The third-order valence-corrected chi connectivity index (χ3v) is 3.89. The van der Waals surface area contributed by atoms with E-state index >= 15 is 0 Å². The van der Waals surface area contributed by atoms with Crippen LogP contribution in [0.1, 0.15) is 0 Å². The van der Waals surface area contributed by atoms with Crippen LogP contribution in [0.3, 0.4) is 0 Å². The molecule has 0 atom stereocenters. The molecule has 0 unspecified atom stereocenters. The zero-order chi connectivity index (χ0) is 17.3. The average Bonchev–Trinajstić information content (AvgIpc) is 3.32. The van der Waals surface area contributed by atoms with E-state index < -0.39 is 0 Å². The third-order valence-electron chi connectivity index (χ3n) is 3.89. The topological polar surface area (TPSA) is 26.0 Å². The molecule has 5 aromatic carbocycles. The minimum Gasteiger partial charge on any atom is -1.00 e. The van der Waals surface area contributed by atoms with Crippen molar-refractivity contribution in [3.63, 3.8) is 0 Å². The van der Waals surface area contributed by atoms with Crippen molar-refractivity contribution in [3.05, 3.63) is 115 Å². The predicted molar refractivity (Wildman–Crippen MR) is 110 cm³/mol. The minimum atomic E-state index is 0. The van der Waals surface area contributed by atoms with Crippen LogP contribution < -0.4 is 30.5 Å². The van der Waals surface area contributed by atoms with Crippen molar-refractivity contribution < 1.29 is 51.0 Å². The van der Waals surface area contributed by atoms with E-state index in [1.807, 2.05) is 30.3 Å². The molecular weight excluding hydrogens is 464 g/mol. The molecule has 4 heteroatoms. The second-order valence-electron chi connectivity index (χ2n) is 5.72. The van der Waals surface area contributed by atoms with Crippen LogP contribution >= 0.6 is 0 Å². The van der Waals surface area contributed by atoms with Gasteiger partial charge in [-0.25, -0.2) is 0 Å². The van der Waals surface area contributed by atoms with E-state index in [-0.39, 0.29) is 51.0 Å². The fraction of sp³-hybridized carbons (Fsp3) is 0. The van der Waals surface area contributed by atoms with Crippen LogP contribution in [-0.4, -0.2) is 0 Å². The molecule has 0 amide bonds. The molecule has 0 fully saturated rings. The summed E-state index contributed by atoms with van der Waals surface area (Å²) in [5.41, 5.74) is 6.18. The second kappa shape index (κ2) is 14.2. The summed E-state index contributed by atoms with van der Waals surface area (Å²) in [6.45, 7) is 0. The Morgan fingerprint density at radius 1 is 0.500 bits per heavy atom. The molecule has 0 bridgehead atoms. The van der Waals surface area contributed by atoms with Gasteiger partial charge in [-0.3, -0.25) is 0 Å². The Bertz CT molecular complexity index is 896. The van der Waals surface area contributed by atoms with Crippen LogP contribution in [0.25, 0.3) is 21.5 Å². The maximum Gasteiger partial charge on any atom is 4.00 e. The number of rotatable bonds is 0. The summed E-state index contributed by atoms with van der Waals surface area (Å²) in [6.07, 6.45) is 0. The van der Waals surface area contributed by atoms with Crippen LogP contribution in [0.2, 0.25) is 0 Å². The third kappa shape index (κ3) is 8.02. The van der Waals surface area contributed by atoms with Gasteiger partial charge in [0.25, 0.3) is 0 Å². The SMILES string of the molecule is Nc1ccccc1.[Cl-].[Cl-].[Zr+4].c1ccc2[cH-]ccc2c1.c1ccc2[cH-]ccc2c1. The first kappa shape index (κ1) is 26.1. The molecule has 0 spiro atoms. The largest absolute Gasteiger partial charge is 4.00 e. The molecule has 0 heterocycles. The van der Waals surface area contributed by atoms with E-state index in [1.165, 1.54) is 21.5 Å². The monoisotopic (exact) mass is 483 g/mol. The van der Waals surface area contributed by atoms with Crippen LogP contribution in [0.5, 0.6) is 0 Å². The number of hydrogen-bond donors (Lipinski definition) is 1. The molecular formula is C24H21Cl2NZr. The van der Waals surface area contributed by atoms with E-state index in [0.29, 0.717) is 0 Å². The zero-order valence-corrected chi connectivity index (χ0v) is 19.3. The summed E-state index contributed by atoms with van der Waals surface area (Å²) in [6, 6.07) is 38.8. The molecule has 1 nitrogen and oxygen atoms in total. The second-order valence-corrected chi connectivity index (χ2v) is 5.72. The molecule has 0 saturated heterocycles. The van der Waals surface area contributed by atoms with Crippen molar-refractivity contribution >= 4 is 27.2 Å². The standard InChI is InChI=1S/2C9H7.C6H7N.2ClH.Zr/c2*1-2-5-9-7-3-6-8(9)4-1;7-6-4-2-1-3-5-6;;;/h2*1-7H;1-5H,7H2;2*1H;/q2*-1;;;;+4/p-2. The summed E-state index contributed by atoms with van der Waals surface area (Å²) in [5.74, 6) is 0. The van der Waals surface area contributed by atoms with Crippen molar-refractivity contribution in [2.45, 2.75) is 0 Å². The van der Waals surface area contributed by atoms with Crippen molar-refractivity contribution in [1.29, 1.82) is 0 Å². The van der Waals surface area contributed by atoms with Crippen LogP contribution in [0.4, 0.5) is 5.69 Å². The summed E-state index contributed by atoms with van der Waals surface area (Å²) >= 11 is 0. The molecule has 140 valence electrons. The predicted octanol–water partition coefficient (Wildman–Crippen LogP) is 0.392. The number of benzene rings is 3. The van der Waals surface area contributed by atoms with Crippen molar-refractivity contribution in [2.75, 3.05) is 5.73 Å². The molecule has 0 saturated carbocycles. The first-order chi connectivity index (χ1) is 12.3. The molecule has 0 aliphatic rings. The summed E-state index contributed by atoms with van der Waals surface area (Å²) in [5, 5.41) is 5.32. The maximum absolute atomic E-state index is 5.36.